The molecular formula is C7H12N2. The fourth-order valence-electron chi connectivity index (χ4n) is 1.29. The minimum absolute atomic E-state index is 0.477. The van der Waals surface area contributed by atoms with Crippen molar-refractivity contribution in [2.45, 2.75) is 38.3 Å². The molecular weight excluding hydrogens is 112 g/mol. The van der Waals surface area contributed by atoms with E-state index in [0.29, 0.717) is 18.5 Å². The maximum absolute atomic E-state index is 8.32. The average molecular weight is 124 g/mol. The van der Waals surface area contributed by atoms with Crippen LogP contribution in [0.2, 0.25) is 0 Å². The number of nitriles is 1. The number of hydrogen-bond acceptors (Lipinski definition) is 2. The van der Waals surface area contributed by atoms with Gasteiger partial charge in [0.1, 0.15) is 0 Å². The Morgan fingerprint density at radius 1 is 1.67 bits per heavy atom. The summed E-state index contributed by atoms with van der Waals surface area (Å²) in [4.78, 5) is 0. The van der Waals surface area contributed by atoms with Gasteiger partial charge in [-0.25, -0.2) is 0 Å². The van der Waals surface area contributed by atoms with Crippen molar-refractivity contribution in [1.82, 2.24) is 5.32 Å². The number of nitrogens with zero attached hydrogens (tertiary/aromatic N) is 1. The molecule has 1 aliphatic rings. The lowest BCUT2D eigenvalue weighted by molar-refractivity contribution is 0.570. The van der Waals surface area contributed by atoms with Gasteiger partial charge >= 0.3 is 0 Å². The van der Waals surface area contributed by atoms with Gasteiger partial charge in [-0.3, -0.25) is 0 Å². The van der Waals surface area contributed by atoms with E-state index in [4.69, 9.17) is 5.26 Å². The molecule has 2 heteroatoms. The highest BCUT2D eigenvalue weighted by molar-refractivity contribution is 4.87. The van der Waals surface area contributed by atoms with Crippen LogP contribution in [0.3, 0.4) is 0 Å². The molecule has 1 rings (SSSR count). The number of nitrogens with one attached hydrogen (secondary N) is 1. The zero-order chi connectivity index (χ0) is 6.69. The van der Waals surface area contributed by atoms with Crippen LogP contribution >= 0.6 is 0 Å². The molecule has 0 spiro atoms. The van der Waals surface area contributed by atoms with Gasteiger partial charge in [-0.15, -0.1) is 0 Å². The van der Waals surface area contributed by atoms with E-state index in [-0.39, 0.29) is 0 Å². The van der Waals surface area contributed by atoms with Crippen molar-refractivity contribution in [3.63, 3.8) is 0 Å². The summed E-state index contributed by atoms with van der Waals surface area (Å²) in [6.45, 7) is 2.16. The third-order valence-corrected chi connectivity index (χ3v) is 1.81. The molecule has 0 aromatic rings. The van der Waals surface area contributed by atoms with Gasteiger partial charge in [0.25, 0.3) is 0 Å². The second kappa shape index (κ2) is 2.84. The molecule has 1 N–H and O–H groups in total. The Kier molecular flexibility index (Phi) is 2.07. The molecule has 0 bridgehead atoms. The first kappa shape index (κ1) is 6.57. The van der Waals surface area contributed by atoms with Crippen molar-refractivity contribution in [3.8, 4) is 6.07 Å². The van der Waals surface area contributed by atoms with Crippen LogP contribution in [-0.4, -0.2) is 12.1 Å². The van der Waals surface area contributed by atoms with E-state index in [1.807, 2.05) is 0 Å². The highest BCUT2D eigenvalue weighted by Crippen LogP contribution is 2.13. The summed E-state index contributed by atoms with van der Waals surface area (Å²) in [5, 5.41) is 11.7. The van der Waals surface area contributed by atoms with Crippen LogP contribution in [0.15, 0.2) is 0 Å². The highest BCUT2D eigenvalue weighted by Gasteiger charge is 2.18. The fraction of sp³-hybridized carbons (Fsp3) is 0.857. The van der Waals surface area contributed by atoms with E-state index in [1.165, 1.54) is 12.8 Å². The van der Waals surface area contributed by atoms with Crippen molar-refractivity contribution >= 4 is 0 Å². The second-order valence-corrected chi connectivity index (χ2v) is 2.70. The number of rotatable bonds is 1. The maximum Gasteiger partial charge on any atom is 0.0638 e. The predicted octanol–water partition coefficient (Wildman–Crippen LogP) is 1.04. The summed E-state index contributed by atoms with van der Waals surface area (Å²) in [6, 6.07) is 3.27. The summed E-state index contributed by atoms with van der Waals surface area (Å²) in [6.07, 6.45) is 3.07. The Morgan fingerprint density at radius 2 is 2.44 bits per heavy atom. The largest absolute Gasteiger partial charge is 0.310 e. The zero-order valence-corrected chi connectivity index (χ0v) is 5.72. The van der Waals surface area contributed by atoms with E-state index in [0.717, 1.165) is 0 Å². The van der Waals surface area contributed by atoms with E-state index >= 15 is 0 Å². The smallest absolute Gasteiger partial charge is 0.0638 e. The molecule has 50 valence electrons. The normalized spacial score (nSPS) is 34.2. The topological polar surface area (TPSA) is 35.8 Å². The molecule has 0 aromatic heterocycles. The molecule has 1 heterocycles. The van der Waals surface area contributed by atoms with E-state index in [1.54, 1.807) is 0 Å². The Hall–Kier alpha value is -0.550. The van der Waals surface area contributed by atoms with E-state index in [2.05, 4.69) is 18.3 Å². The van der Waals surface area contributed by atoms with Gasteiger partial charge in [0.05, 0.1) is 12.5 Å². The van der Waals surface area contributed by atoms with Gasteiger partial charge in [0.2, 0.25) is 0 Å². The second-order valence-electron chi connectivity index (χ2n) is 2.70. The Balaban J connectivity index is 2.24. The molecule has 0 saturated carbocycles. The molecule has 1 saturated heterocycles. The maximum atomic E-state index is 8.32. The first-order chi connectivity index (χ1) is 4.33. The lowest BCUT2D eigenvalue weighted by Crippen LogP contribution is -2.26. The molecule has 9 heavy (non-hydrogen) atoms. The van der Waals surface area contributed by atoms with Crippen LogP contribution in [-0.2, 0) is 0 Å². The summed E-state index contributed by atoms with van der Waals surface area (Å²) in [5.74, 6) is 0. The Morgan fingerprint density at radius 3 is 2.89 bits per heavy atom. The molecule has 1 fully saturated rings. The zero-order valence-electron chi connectivity index (χ0n) is 5.72. The standard InChI is InChI=1S/C7H12N2/c1-6-2-3-7(9-6)4-5-8/h6-7,9H,2-4H2,1H3/t6-,7-/m0/s1. The van der Waals surface area contributed by atoms with E-state index in [9.17, 15) is 0 Å². The number of hydrogen-bond donors (Lipinski definition) is 1. The molecule has 0 unspecified atom stereocenters. The third-order valence-electron chi connectivity index (χ3n) is 1.81. The molecule has 2 atom stereocenters. The van der Waals surface area contributed by atoms with Crippen molar-refractivity contribution in [3.05, 3.63) is 0 Å². The van der Waals surface area contributed by atoms with Gasteiger partial charge in [-0.05, 0) is 19.8 Å². The molecule has 0 aromatic carbocycles. The fourth-order valence-corrected chi connectivity index (χ4v) is 1.29. The van der Waals surface area contributed by atoms with Crippen molar-refractivity contribution in [1.29, 1.82) is 5.26 Å². The Bertz CT molecular complexity index is 125. The summed E-state index contributed by atoms with van der Waals surface area (Å²) >= 11 is 0. The highest BCUT2D eigenvalue weighted by atomic mass is 15.0. The van der Waals surface area contributed by atoms with Gasteiger partial charge in [-0.2, -0.15) is 5.26 Å². The molecule has 2 nitrogen and oxygen atoms in total. The molecule has 0 radical (unpaired) electrons. The summed E-state index contributed by atoms with van der Waals surface area (Å²) in [5.41, 5.74) is 0. The summed E-state index contributed by atoms with van der Waals surface area (Å²) < 4.78 is 0. The van der Waals surface area contributed by atoms with Crippen LogP contribution in [0.1, 0.15) is 26.2 Å². The lowest BCUT2D eigenvalue weighted by Gasteiger charge is -2.05. The minimum Gasteiger partial charge on any atom is -0.310 e. The first-order valence-electron chi connectivity index (χ1n) is 3.46. The quantitative estimate of drug-likeness (QED) is 0.567. The van der Waals surface area contributed by atoms with Gasteiger partial charge in [0.15, 0.2) is 0 Å². The SMILES string of the molecule is C[C@H]1CC[C@@H](CC#N)N1. The first-order valence-corrected chi connectivity index (χ1v) is 3.46. The lowest BCUT2D eigenvalue weighted by atomic mass is 10.2. The van der Waals surface area contributed by atoms with Gasteiger partial charge in [-0.1, -0.05) is 0 Å². The van der Waals surface area contributed by atoms with E-state index < -0.39 is 0 Å². The van der Waals surface area contributed by atoms with Crippen molar-refractivity contribution < 1.29 is 0 Å². The van der Waals surface area contributed by atoms with Crippen LogP contribution in [0.25, 0.3) is 0 Å². The average Bonchev–Trinajstić information content (AvgIpc) is 2.17. The monoisotopic (exact) mass is 124 g/mol. The van der Waals surface area contributed by atoms with Crippen LogP contribution in [0, 0.1) is 11.3 Å². The minimum atomic E-state index is 0.477. The van der Waals surface area contributed by atoms with Crippen LogP contribution < -0.4 is 5.32 Å². The predicted molar refractivity (Wildman–Crippen MR) is 35.8 cm³/mol. The summed E-state index contributed by atoms with van der Waals surface area (Å²) in [7, 11) is 0. The third kappa shape index (κ3) is 1.69. The molecule has 1 aliphatic heterocycles. The van der Waals surface area contributed by atoms with Gasteiger partial charge < -0.3 is 5.32 Å². The Labute approximate surface area is 55.9 Å². The van der Waals surface area contributed by atoms with Crippen molar-refractivity contribution in [2.24, 2.45) is 0 Å². The van der Waals surface area contributed by atoms with Crippen LogP contribution in [0.4, 0.5) is 0 Å². The molecule has 0 amide bonds. The molecule has 0 aliphatic carbocycles. The van der Waals surface area contributed by atoms with Gasteiger partial charge in [0, 0.05) is 12.1 Å². The van der Waals surface area contributed by atoms with Crippen molar-refractivity contribution in [2.75, 3.05) is 0 Å². The van der Waals surface area contributed by atoms with Crippen LogP contribution in [0.5, 0.6) is 0 Å².